The number of carbonyl (C=O) groups is 1. The van der Waals surface area contributed by atoms with E-state index in [0.29, 0.717) is 22.4 Å². The number of carbonyl (C=O) groups excluding carboxylic acids is 1. The third-order valence-electron chi connectivity index (χ3n) is 5.51. The van der Waals surface area contributed by atoms with E-state index in [0.717, 1.165) is 18.8 Å². The number of halogens is 1. The van der Waals surface area contributed by atoms with Crippen LogP contribution in [0.3, 0.4) is 0 Å². The van der Waals surface area contributed by atoms with Crippen LogP contribution >= 0.6 is 11.6 Å². The molecule has 0 aromatic carbocycles. The average molecular weight is 434 g/mol. The molecule has 2 aromatic rings. The minimum atomic E-state index is -0.521. The number of pyridine rings is 1. The summed E-state index contributed by atoms with van der Waals surface area (Å²) in [6.45, 7) is 5.62. The van der Waals surface area contributed by atoms with Crippen molar-refractivity contribution < 1.29 is 14.1 Å². The van der Waals surface area contributed by atoms with E-state index in [1.165, 1.54) is 38.5 Å². The Morgan fingerprint density at radius 3 is 2.77 bits per heavy atom. The maximum Gasteiger partial charge on any atom is 0.307 e. The van der Waals surface area contributed by atoms with Crippen molar-refractivity contribution in [2.24, 2.45) is 5.92 Å². The summed E-state index contributed by atoms with van der Waals surface area (Å²) < 4.78 is 11.1. The van der Waals surface area contributed by atoms with E-state index in [4.69, 9.17) is 20.9 Å². The maximum absolute atomic E-state index is 12.5. The van der Waals surface area contributed by atoms with E-state index in [-0.39, 0.29) is 18.3 Å². The normalized spacial score (nSPS) is 16.4. The lowest BCUT2D eigenvalue weighted by Crippen LogP contribution is -2.25. The Balaban J connectivity index is 1.69. The second-order valence-electron chi connectivity index (χ2n) is 9.22. The highest BCUT2D eigenvalue weighted by atomic mass is 35.5. The van der Waals surface area contributed by atoms with Gasteiger partial charge in [0.25, 0.3) is 0 Å². The van der Waals surface area contributed by atoms with Gasteiger partial charge in [0.15, 0.2) is 0 Å². The Kier molecular flexibility index (Phi) is 7.87. The molecule has 2 aromatic heterocycles. The molecular weight excluding hydrogens is 402 g/mol. The fourth-order valence-electron chi connectivity index (χ4n) is 4.09. The molecule has 7 heteroatoms. The summed E-state index contributed by atoms with van der Waals surface area (Å²) >= 11 is 6.17. The van der Waals surface area contributed by atoms with E-state index in [1.807, 2.05) is 20.8 Å². The van der Waals surface area contributed by atoms with Gasteiger partial charge in [-0.05, 0) is 45.2 Å². The lowest BCUT2D eigenvalue weighted by molar-refractivity contribution is -0.155. The second-order valence-corrected chi connectivity index (χ2v) is 9.58. The van der Waals surface area contributed by atoms with Gasteiger partial charge in [0.05, 0.1) is 12.0 Å². The first-order valence-electron chi connectivity index (χ1n) is 11.0. The van der Waals surface area contributed by atoms with E-state index < -0.39 is 5.60 Å². The fourth-order valence-corrected chi connectivity index (χ4v) is 4.29. The number of rotatable bonds is 8. The van der Waals surface area contributed by atoms with Crippen molar-refractivity contribution in [2.75, 3.05) is 0 Å². The third kappa shape index (κ3) is 6.79. The van der Waals surface area contributed by atoms with Crippen LogP contribution in [0.2, 0.25) is 5.15 Å². The summed E-state index contributed by atoms with van der Waals surface area (Å²) in [4.78, 5) is 21.1. The van der Waals surface area contributed by atoms with Gasteiger partial charge in [0, 0.05) is 12.1 Å². The lowest BCUT2D eigenvalue weighted by atomic mass is 9.84. The molecule has 1 aliphatic rings. The van der Waals surface area contributed by atoms with Gasteiger partial charge in [-0.3, -0.25) is 4.79 Å². The monoisotopic (exact) mass is 433 g/mol. The number of esters is 1. The smallest absolute Gasteiger partial charge is 0.307 e. The van der Waals surface area contributed by atoms with Crippen LogP contribution in [0.25, 0.3) is 11.4 Å². The number of nitrogens with zero attached hydrogens (tertiary/aromatic N) is 3. The third-order valence-corrected chi connectivity index (χ3v) is 5.81. The van der Waals surface area contributed by atoms with Crippen LogP contribution in [0, 0.1) is 5.92 Å². The molecule has 0 amide bonds. The Labute approximate surface area is 183 Å². The standard InChI is InChI=1S/C23H32ClN3O3/c1-23(2,3)29-19(28)15-17(12-7-11-16-9-5-4-6-10-16)22-26-21(27-30-22)18-13-8-14-25-20(18)24/h8,13-14,16-17H,4-7,9-12,15H2,1-3H3/t17-/m1/s1. The fraction of sp³-hybridized carbons (Fsp3) is 0.652. The molecule has 3 rings (SSSR count). The van der Waals surface area contributed by atoms with E-state index >= 15 is 0 Å². The molecule has 0 unspecified atom stereocenters. The van der Waals surface area contributed by atoms with Crippen molar-refractivity contribution in [3.05, 3.63) is 29.4 Å². The van der Waals surface area contributed by atoms with Crippen molar-refractivity contribution in [1.82, 2.24) is 15.1 Å². The van der Waals surface area contributed by atoms with Gasteiger partial charge in [0.1, 0.15) is 10.8 Å². The Bertz CT molecular complexity index is 825. The molecule has 1 atom stereocenters. The van der Waals surface area contributed by atoms with Crippen molar-refractivity contribution >= 4 is 17.6 Å². The van der Waals surface area contributed by atoms with Crippen LogP contribution in [0.15, 0.2) is 22.9 Å². The first-order chi connectivity index (χ1) is 14.3. The number of hydrogen-bond acceptors (Lipinski definition) is 6. The molecule has 0 bridgehead atoms. The topological polar surface area (TPSA) is 78.1 Å². The van der Waals surface area contributed by atoms with Crippen molar-refractivity contribution in [3.63, 3.8) is 0 Å². The molecule has 1 aliphatic carbocycles. The zero-order valence-electron chi connectivity index (χ0n) is 18.2. The summed E-state index contributed by atoms with van der Waals surface area (Å²) in [5.74, 6) is 1.24. The van der Waals surface area contributed by atoms with Crippen LogP contribution in [0.4, 0.5) is 0 Å². The summed E-state index contributed by atoms with van der Waals surface area (Å²) in [6.07, 6.45) is 11.5. The number of ether oxygens (including phenoxy) is 1. The molecule has 1 saturated carbocycles. The van der Waals surface area contributed by atoms with E-state index in [1.54, 1.807) is 18.3 Å². The highest BCUT2D eigenvalue weighted by Gasteiger charge is 2.27. The van der Waals surface area contributed by atoms with Gasteiger partial charge in [-0.1, -0.05) is 61.7 Å². The van der Waals surface area contributed by atoms with Crippen LogP contribution in [-0.2, 0) is 9.53 Å². The minimum absolute atomic E-state index is 0.167. The van der Waals surface area contributed by atoms with Gasteiger partial charge in [-0.2, -0.15) is 4.98 Å². The highest BCUT2D eigenvalue weighted by molar-refractivity contribution is 6.31. The Morgan fingerprint density at radius 1 is 1.30 bits per heavy atom. The van der Waals surface area contributed by atoms with Crippen LogP contribution in [0.5, 0.6) is 0 Å². The van der Waals surface area contributed by atoms with Gasteiger partial charge in [-0.25, -0.2) is 4.98 Å². The molecule has 0 aliphatic heterocycles. The minimum Gasteiger partial charge on any atom is -0.460 e. The Morgan fingerprint density at radius 2 is 2.07 bits per heavy atom. The summed E-state index contributed by atoms with van der Waals surface area (Å²) in [6, 6.07) is 3.58. The number of aromatic nitrogens is 3. The van der Waals surface area contributed by atoms with Gasteiger partial charge >= 0.3 is 5.97 Å². The SMILES string of the molecule is CC(C)(C)OC(=O)C[C@@H](CCCC1CCCCC1)c1nc(-c2cccnc2Cl)no1. The quantitative estimate of drug-likeness (QED) is 0.356. The highest BCUT2D eigenvalue weighted by Crippen LogP contribution is 2.32. The zero-order chi connectivity index (χ0) is 21.6. The largest absolute Gasteiger partial charge is 0.460 e. The predicted molar refractivity (Wildman–Crippen MR) is 116 cm³/mol. The average Bonchev–Trinajstić information content (AvgIpc) is 3.17. The van der Waals surface area contributed by atoms with Crippen LogP contribution in [0.1, 0.15) is 90.4 Å². The molecule has 30 heavy (non-hydrogen) atoms. The number of hydrogen-bond donors (Lipinski definition) is 0. The summed E-state index contributed by atoms with van der Waals surface area (Å²) in [5.41, 5.74) is 0.0971. The second kappa shape index (κ2) is 10.4. The molecule has 164 valence electrons. The maximum atomic E-state index is 12.5. The van der Waals surface area contributed by atoms with Gasteiger partial charge in [0.2, 0.25) is 11.7 Å². The summed E-state index contributed by atoms with van der Waals surface area (Å²) in [5, 5.41) is 4.41. The predicted octanol–water partition coefficient (Wildman–Crippen LogP) is 6.35. The zero-order valence-corrected chi connectivity index (χ0v) is 19.0. The Hall–Kier alpha value is -1.95. The van der Waals surface area contributed by atoms with Gasteiger partial charge in [-0.15, -0.1) is 0 Å². The molecule has 0 spiro atoms. The van der Waals surface area contributed by atoms with E-state index in [2.05, 4.69) is 15.1 Å². The molecule has 1 fully saturated rings. The molecule has 0 saturated heterocycles. The molecule has 0 N–H and O–H groups in total. The van der Waals surface area contributed by atoms with Crippen molar-refractivity contribution in [2.45, 2.75) is 90.1 Å². The summed E-state index contributed by atoms with van der Waals surface area (Å²) in [7, 11) is 0. The lowest BCUT2D eigenvalue weighted by Gasteiger charge is -2.23. The van der Waals surface area contributed by atoms with Gasteiger partial charge < -0.3 is 9.26 Å². The molecule has 2 heterocycles. The first kappa shape index (κ1) is 22.7. The first-order valence-corrected chi connectivity index (χ1v) is 11.4. The molecular formula is C23H32ClN3O3. The molecule has 0 radical (unpaired) electrons. The van der Waals surface area contributed by atoms with Crippen molar-refractivity contribution in [3.8, 4) is 11.4 Å². The van der Waals surface area contributed by atoms with Crippen LogP contribution < -0.4 is 0 Å². The van der Waals surface area contributed by atoms with E-state index in [9.17, 15) is 4.79 Å². The van der Waals surface area contributed by atoms with Crippen LogP contribution in [-0.4, -0.2) is 26.7 Å². The molecule has 6 nitrogen and oxygen atoms in total. The van der Waals surface area contributed by atoms with Crippen molar-refractivity contribution in [1.29, 1.82) is 0 Å².